The molecule has 0 saturated heterocycles. The van der Waals surface area contributed by atoms with Gasteiger partial charge in [0.2, 0.25) is 7.85 Å². The molecule has 10 rings (SSSR count). The largest absolute Gasteiger partial charge is 0.467 e. The maximum absolute atomic E-state index is 11.3. The Bertz CT molecular complexity index is 2910. The highest BCUT2D eigenvalue weighted by Crippen LogP contribution is 2.49. The average Bonchev–Trinajstić information content (AvgIpc) is 3.26. The monoisotopic (exact) mass is 719 g/mol. The van der Waals surface area contributed by atoms with Crippen molar-refractivity contribution in [2.24, 2.45) is 0 Å². The molecule has 0 radical (unpaired) electrons. The van der Waals surface area contributed by atoms with E-state index < -0.39 is 5.69 Å². The third-order valence-electron chi connectivity index (χ3n) is 10.6. The summed E-state index contributed by atoms with van der Waals surface area (Å²) in [6, 6.07) is 64.1. The fraction of sp³-hybridized carbons (Fsp3) is 0.0200. The summed E-state index contributed by atoms with van der Waals surface area (Å²) in [5.41, 5.74) is 10.5. The van der Waals surface area contributed by atoms with E-state index in [1.807, 2.05) is 42.5 Å². The van der Waals surface area contributed by atoms with Gasteiger partial charge >= 0.3 is 0 Å². The molecular formula is C50H34BN3O2. The molecule has 9 aromatic rings. The van der Waals surface area contributed by atoms with Crippen LogP contribution in [0.25, 0.3) is 89.4 Å². The van der Waals surface area contributed by atoms with Gasteiger partial charge in [0.25, 0.3) is 0 Å². The molecule has 264 valence electrons. The number of hydrogen-bond donors (Lipinski definition) is 1. The minimum atomic E-state index is -1.44. The van der Waals surface area contributed by atoms with Gasteiger partial charge in [-0.2, -0.15) is 0 Å². The molecule has 56 heavy (non-hydrogen) atoms. The fourth-order valence-corrected chi connectivity index (χ4v) is 7.89. The van der Waals surface area contributed by atoms with Crippen LogP contribution in [0.1, 0.15) is 5.56 Å². The maximum Gasteiger partial charge on any atom is 0.201 e. The van der Waals surface area contributed by atoms with Gasteiger partial charge in [-0.15, -0.1) is 0 Å². The molecule has 1 aliphatic rings. The zero-order valence-corrected chi connectivity index (χ0v) is 30.6. The number of benzene rings is 8. The Labute approximate surface area is 326 Å². The third kappa shape index (κ3) is 5.93. The van der Waals surface area contributed by atoms with Crippen LogP contribution in [0.4, 0.5) is 0 Å². The highest BCUT2D eigenvalue weighted by Gasteiger charge is 2.35. The SMILES string of the molecule is BC1(O)Oc2cccc(-c3ccc(-c4nc(-c5ccc(-c6ccccc6)cc5)nc(-c5cccc(-c6ccccc6)c5)n4)c4ccccc34)c2-c2ccccc21. The second-order valence-electron chi connectivity index (χ2n) is 14.2. The Morgan fingerprint density at radius 1 is 0.393 bits per heavy atom. The van der Waals surface area contributed by atoms with Gasteiger partial charge in [0.05, 0.1) is 0 Å². The van der Waals surface area contributed by atoms with Crippen molar-refractivity contribution in [1.29, 1.82) is 0 Å². The van der Waals surface area contributed by atoms with Crippen LogP contribution in [-0.2, 0) is 5.69 Å². The minimum absolute atomic E-state index is 0.588. The Morgan fingerprint density at radius 3 is 1.64 bits per heavy atom. The lowest BCUT2D eigenvalue weighted by atomic mass is 9.78. The first-order chi connectivity index (χ1) is 27.5. The van der Waals surface area contributed by atoms with Crippen molar-refractivity contribution in [1.82, 2.24) is 15.0 Å². The lowest BCUT2D eigenvalue weighted by molar-refractivity contribution is -0.0691. The van der Waals surface area contributed by atoms with Gasteiger partial charge in [0, 0.05) is 27.8 Å². The Morgan fingerprint density at radius 2 is 0.893 bits per heavy atom. The summed E-state index contributed by atoms with van der Waals surface area (Å²) in [4.78, 5) is 15.5. The van der Waals surface area contributed by atoms with Crippen LogP contribution in [0.3, 0.4) is 0 Å². The molecule has 0 aliphatic carbocycles. The molecule has 0 bridgehead atoms. The highest BCUT2D eigenvalue weighted by atomic mass is 16.6. The highest BCUT2D eigenvalue weighted by molar-refractivity contribution is 6.15. The number of ether oxygens (including phenoxy) is 1. The smallest absolute Gasteiger partial charge is 0.201 e. The molecule has 0 fully saturated rings. The lowest BCUT2D eigenvalue weighted by Gasteiger charge is -2.35. The normalized spacial score (nSPS) is 14.4. The van der Waals surface area contributed by atoms with Crippen molar-refractivity contribution in [2.75, 3.05) is 0 Å². The molecule has 0 amide bonds. The van der Waals surface area contributed by atoms with Gasteiger partial charge in [-0.05, 0) is 67.9 Å². The summed E-state index contributed by atoms with van der Waals surface area (Å²) in [6.45, 7) is 0. The molecule has 1 aromatic heterocycles. The third-order valence-corrected chi connectivity index (χ3v) is 10.6. The molecule has 1 aliphatic heterocycles. The quantitative estimate of drug-likeness (QED) is 0.173. The predicted octanol–water partition coefficient (Wildman–Crippen LogP) is 10.8. The van der Waals surface area contributed by atoms with Gasteiger partial charge < -0.3 is 9.84 Å². The number of fused-ring (bicyclic) bond motifs is 4. The lowest BCUT2D eigenvalue weighted by Crippen LogP contribution is -2.36. The minimum Gasteiger partial charge on any atom is -0.467 e. The second kappa shape index (κ2) is 13.6. The molecule has 0 spiro atoms. The van der Waals surface area contributed by atoms with E-state index in [4.69, 9.17) is 19.7 Å². The summed E-state index contributed by atoms with van der Waals surface area (Å²) in [5.74, 6) is 2.42. The van der Waals surface area contributed by atoms with Crippen LogP contribution < -0.4 is 4.74 Å². The molecule has 2 heterocycles. The van der Waals surface area contributed by atoms with Crippen molar-refractivity contribution < 1.29 is 9.84 Å². The Hall–Kier alpha value is -7.15. The molecule has 6 heteroatoms. The summed E-state index contributed by atoms with van der Waals surface area (Å²) in [6.07, 6.45) is 0. The van der Waals surface area contributed by atoms with E-state index >= 15 is 0 Å². The van der Waals surface area contributed by atoms with Gasteiger partial charge in [0.1, 0.15) is 5.75 Å². The van der Waals surface area contributed by atoms with Gasteiger partial charge in [-0.25, -0.2) is 15.0 Å². The van der Waals surface area contributed by atoms with Crippen molar-refractivity contribution >= 4 is 18.6 Å². The van der Waals surface area contributed by atoms with Crippen molar-refractivity contribution in [3.8, 4) is 84.4 Å². The van der Waals surface area contributed by atoms with E-state index in [0.717, 1.165) is 77.5 Å². The first kappa shape index (κ1) is 33.4. The van der Waals surface area contributed by atoms with Crippen LogP contribution in [-0.4, -0.2) is 27.9 Å². The van der Waals surface area contributed by atoms with Crippen molar-refractivity contribution in [3.05, 3.63) is 194 Å². The summed E-state index contributed by atoms with van der Waals surface area (Å²) >= 11 is 0. The van der Waals surface area contributed by atoms with E-state index in [0.29, 0.717) is 23.2 Å². The Kier molecular flexibility index (Phi) is 8.12. The van der Waals surface area contributed by atoms with Gasteiger partial charge in [0.15, 0.2) is 23.2 Å². The van der Waals surface area contributed by atoms with Crippen molar-refractivity contribution in [3.63, 3.8) is 0 Å². The summed E-state index contributed by atoms with van der Waals surface area (Å²) < 4.78 is 6.22. The van der Waals surface area contributed by atoms with Crippen LogP contribution >= 0.6 is 0 Å². The van der Waals surface area contributed by atoms with E-state index in [2.05, 4.69) is 146 Å². The molecule has 0 saturated carbocycles. The number of hydrogen-bond acceptors (Lipinski definition) is 5. The average molecular weight is 720 g/mol. The van der Waals surface area contributed by atoms with E-state index in [1.165, 1.54) is 0 Å². The van der Waals surface area contributed by atoms with Crippen LogP contribution in [0.2, 0.25) is 0 Å². The van der Waals surface area contributed by atoms with Crippen LogP contribution in [0, 0.1) is 0 Å². The molecule has 1 unspecified atom stereocenters. The standard InChI is InChI=1S/C50H34BN3O2/c51-50(55)44-23-10-9-21-43(44)46-41(22-12-24-45(46)56-50)40-29-30-42(39-20-8-7-19-38(39)40)49-53-47(35-27-25-34(26-28-35)32-13-3-1-4-14-32)52-48(54-49)37-18-11-17-36(31-37)33-15-5-2-6-16-33/h1-31,55H,51H2. The van der Waals surface area contributed by atoms with Crippen LogP contribution in [0.15, 0.2) is 188 Å². The zero-order chi connectivity index (χ0) is 37.6. The Balaban J connectivity index is 1.15. The molecule has 1 N–H and O–H groups in total. The number of rotatable bonds is 6. The first-order valence-corrected chi connectivity index (χ1v) is 18.7. The molecular weight excluding hydrogens is 685 g/mol. The molecule has 1 atom stereocenters. The fourth-order valence-electron chi connectivity index (χ4n) is 7.89. The predicted molar refractivity (Wildman–Crippen MR) is 228 cm³/mol. The zero-order valence-electron chi connectivity index (χ0n) is 30.6. The first-order valence-electron chi connectivity index (χ1n) is 18.7. The summed E-state index contributed by atoms with van der Waals surface area (Å²) in [7, 11) is 1.69. The molecule has 5 nitrogen and oxygen atoms in total. The number of nitrogens with zero attached hydrogens (tertiary/aromatic N) is 3. The van der Waals surface area contributed by atoms with Crippen LogP contribution in [0.5, 0.6) is 5.75 Å². The maximum atomic E-state index is 11.3. The van der Waals surface area contributed by atoms with Gasteiger partial charge in [-0.1, -0.05) is 170 Å². The van der Waals surface area contributed by atoms with Crippen molar-refractivity contribution in [2.45, 2.75) is 5.69 Å². The van der Waals surface area contributed by atoms with E-state index in [-0.39, 0.29) is 0 Å². The second-order valence-corrected chi connectivity index (χ2v) is 14.2. The number of aromatic nitrogens is 3. The summed E-state index contributed by atoms with van der Waals surface area (Å²) in [5, 5.41) is 13.3. The van der Waals surface area contributed by atoms with E-state index in [1.54, 1.807) is 7.85 Å². The molecule has 8 aromatic carbocycles. The number of aliphatic hydroxyl groups is 1. The van der Waals surface area contributed by atoms with Gasteiger partial charge in [-0.3, -0.25) is 0 Å². The van der Waals surface area contributed by atoms with E-state index in [9.17, 15) is 5.11 Å². The topological polar surface area (TPSA) is 68.1 Å².